The first-order valence-corrected chi connectivity index (χ1v) is 11.2. The largest absolute Gasteiger partial charge is 0.397 e. The molecule has 1 fully saturated rings. The minimum absolute atomic E-state index is 0.215. The number of fused-ring (bicyclic) bond motifs is 3. The predicted molar refractivity (Wildman–Crippen MR) is 119 cm³/mol. The number of thiophene rings is 1. The summed E-state index contributed by atoms with van der Waals surface area (Å²) in [6, 6.07) is 5.44. The average Bonchev–Trinajstić information content (AvgIpc) is 3.11. The number of carbonyl (C=O) groups excluding carboxylic acids is 1. The number of nitrogens with one attached hydrogen (secondary N) is 1. The first-order chi connectivity index (χ1) is 14.2. The number of amides is 1. The van der Waals surface area contributed by atoms with Crippen LogP contribution in [0.15, 0.2) is 24.4 Å². The summed E-state index contributed by atoms with van der Waals surface area (Å²) in [7, 11) is 0. The SMILES string of the molecule is Nc1c(C(=O)Nc2ccccn2)sc2nc(N3CCCCC3)c3c(c12)CCCC3. The van der Waals surface area contributed by atoms with Crippen LogP contribution in [0, 0.1) is 0 Å². The summed E-state index contributed by atoms with van der Waals surface area (Å²) in [4.78, 5) is 26.0. The van der Waals surface area contributed by atoms with Crippen molar-refractivity contribution in [1.29, 1.82) is 0 Å². The number of hydrogen-bond donors (Lipinski definition) is 2. The first kappa shape index (κ1) is 18.4. The van der Waals surface area contributed by atoms with E-state index in [0.29, 0.717) is 16.4 Å². The van der Waals surface area contributed by atoms with E-state index in [1.807, 2.05) is 12.1 Å². The molecular weight excluding hydrogens is 382 g/mol. The summed E-state index contributed by atoms with van der Waals surface area (Å²) >= 11 is 1.40. The van der Waals surface area contributed by atoms with Gasteiger partial charge in [-0.2, -0.15) is 0 Å². The van der Waals surface area contributed by atoms with Crippen LogP contribution in [0.2, 0.25) is 0 Å². The molecule has 3 aromatic heterocycles. The molecule has 0 spiro atoms. The van der Waals surface area contributed by atoms with E-state index in [1.54, 1.807) is 12.3 Å². The third-order valence-corrected chi connectivity index (χ3v) is 7.04. The molecule has 0 radical (unpaired) electrons. The number of hydrogen-bond acceptors (Lipinski definition) is 6. The maximum absolute atomic E-state index is 12.9. The number of pyridine rings is 2. The van der Waals surface area contributed by atoms with Crippen LogP contribution in [0.4, 0.5) is 17.3 Å². The summed E-state index contributed by atoms with van der Waals surface area (Å²) in [6.45, 7) is 2.14. The van der Waals surface area contributed by atoms with E-state index in [0.717, 1.165) is 48.4 Å². The summed E-state index contributed by atoms with van der Waals surface area (Å²) in [5, 5.41) is 3.86. The van der Waals surface area contributed by atoms with Crippen LogP contribution in [-0.2, 0) is 12.8 Å². The van der Waals surface area contributed by atoms with Crippen LogP contribution in [0.1, 0.15) is 52.9 Å². The lowest BCUT2D eigenvalue weighted by Crippen LogP contribution is -2.31. The standard InChI is InChI=1S/C22H25N5OS/c23-18-17-14-8-2-3-9-15(14)20(27-12-6-1-7-13-27)26-22(17)29-19(18)21(28)25-16-10-4-5-11-24-16/h4-5,10-11H,1-3,6-9,12-13,23H2,(H,24,25,28). The van der Waals surface area contributed by atoms with Crippen LogP contribution in [0.5, 0.6) is 0 Å². The zero-order valence-corrected chi connectivity index (χ0v) is 17.2. The smallest absolute Gasteiger partial charge is 0.269 e. The van der Waals surface area contributed by atoms with Gasteiger partial charge in [-0.15, -0.1) is 11.3 Å². The van der Waals surface area contributed by atoms with Gasteiger partial charge in [0.1, 0.15) is 21.3 Å². The first-order valence-electron chi connectivity index (χ1n) is 10.4. The Morgan fingerprint density at radius 2 is 1.86 bits per heavy atom. The Balaban J connectivity index is 1.59. The highest BCUT2D eigenvalue weighted by atomic mass is 32.1. The van der Waals surface area contributed by atoms with Gasteiger partial charge in [-0.1, -0.05) is 6.07 Å². The fourth-order valence-corrected chi connectivity index (χ4v) is 5.56. The van der Waals surface area contributed by atoms with Crippen molar-refractivity contribution in [2.24, 2.45) is 0 Å². The minimum atomic E-state index is -0.215. The fourth-order valence-electron chi connectivity index (χ4n) is 4.54. The third-order valence-electron chi connectivity index (χ3n) is 5.94. The van der Waals surface area contributed by atoms with Gasteiger partial charge >= 0.3 is 0 Å². The van der Waals surface area contributed by atoms with Crippen molar-refractivity contribution in [2.45, 2.75) is 44.9 Å². The predicted octanol–water partition coefficient (Wildman–Crippen LogP) is 4.39. The van der Waals surface area contributed by atoms with Crippen LogP contribution < -0.4 is 16.0 Å². The molecule has 4 heterocycles. The van der Waals surface area contributed by atoms with E-state index < -0.39 is 0 Å². The molecule has 7 heteroatoms. The molecule has 29 heavy (non-hydrogen) atoms. The van der Waals surface area contributed by atoms with E-state index in [-0.39, 0.29) is 5.91 Å². The Morgan fingerprint density at radius 3 is 2.62 bits per heavy atom. The van der Waals surface area contributed by atoms with Crippen molar-refractivity contribution in [1.82, 2.24) is 9.97 Å². The Hall–Kier alpha value is -2.67. The van der Waals surface area contributed by atoms with Gasteiger partial charge < -0.3 is 16.0 Å². The molecule has 6 nitrogen and oxygen atoms in total. The van der Waals surface area contributed by atoms with Gasteiger partial charge in [0.2, 0.25) is 0 Å². The molecule has 1 saturated heterocycles. The third kappa shape index (κ3) is 3.33. The second kappa shape index (κ2) is 7.63. The van der Waals surface area contributed by atoms with Crippen LogP contribution in [0.3, 0.4) is 0 Å². The maximum atomic E-state index is 12.9. The minimum Gasteiger partial charge on any atom is -0.397 e. The Morgan fingerprint density at radius 1 is 1.07 bits per heavy atom. The topological polar surface area (TPSA) is 84.1 Å². The lowest BCUT2D eigenvalue weighted by atomic mass is 9.89. The number of aromatic nitrogens is 2. The van der Waals surface area contributed by atoms with Crippen LogP contribution in [0.25, 0.3) is 10.2 Å². The highest BCUT2D eigenvalue weighted by molar-refractivity contribution is 7.21. The van der Waals surface area contributed by atoms with Crippen molar-refractivity contribution in [2.75, 3.05) is 29.0 Å². The molecule has 1 amide bonds. The lowest BCUT2D eigenvalue weighted by molar-refractivity contribution is 0.103. The summed E-state index contributed by atoms with van der Waals surface area (Å²) in [5.74, 6) is 1.44. The van der Waals surface area contributed by atoms with Gasteiger partial charge in [0.15, 0.2) is 0 Å². The fraction of sp³-hybridized carbons (Fsp3) is 0.409. The van der Waals surface area contributed by atoms with Gasteiger partial charge in [-0.05, 0) is 68.2 Å². The molecule has 1 aliphatic carbocycles. The Kier molecular flexibility index (Phi) is 4.83. The number of nitrogens with zero attached hydrogens (tertiary/aromatic N) is 3. The van der Waals surface area contributed by atoms with Crippen molar-refractivity contribution in [3.05, 3.63) is 40.4 Å². The van der Waals surface area contributed by atoms with E-state index in [2.05, 4.69) is 15.2 Å². The van der Waals surface area contributed by atoms with E-state index in [9.17, 15) is 4.79 Å². The molecule has 0 saturated carbocycles. The Bertz CT molecular complexity index is 1060. The van der Waals surface area contributed by atoms with Crippen molar-refractivity contribution >= 4 is 44.8 Å². The molecule has 3 aromatic rings. The second-order valence-electron chi connectivity index (χ2n) is 7.84. The van der Waals surface area contributed by atoms with Gasteiger partial charge in [-0.3, -0.25) is 4.79 Å². The van der Waals surface area contributed by atoms with Crippen molar-refractivity contribution in [3.63, 3.8) is 0 Å². The highest BCUT2D eigenvalue weighted by Crippen LogP contribution is 2.42. The van der Waals surface area contributed by atoms with Crippen molar-refractivity contribution < 1.29 is 4.79 Å². The highest BCUT2D eigenvalue weighted by Gasteiger charge is 2.27. The molecule has 2 aliphatic rings. The molecule has 150 valence electrons. The number of rotatable bonds is 3. The lowest BCUT2D eigenvalue weighted by Gasteiger charge is -2.31. The molecule has 3 N–H and O–H groups in total. The molecule has 1 aliphatic heterocycles. The van der Waals surface area contributed by atoms with Gasteiger partial charge in [-0.25, -0.2) is 9.97 Å². The number of carbonyl (C=O) groups is 1. The van der Waals surface area contributed by atoms with E-state index in [1.165, 1.54) is 48.1 Å². The number of piperidine rings is 1. The second-order valence-corrected chi connectivity index (χ2v) is 8.84. The summed E-state index contributed by atoms with van der Waals surface area (Å²) in [6.07, 6.45) is 9.82. The molecule has 0 aromatic carbocycles. The van der Waals surface area contributed by atoms with Crippen LogP contribution in [-0.4, -0.2) is 29.0 Å². The number of nitrogen functional groups attached to an aromatic ring is 1. The number of nitrogens with two attached hydrogens (primary N) is 1. The number of aryl methyl sites for hydroxylation is 1. The molecule has 0 atom stereocenters. The van der Waals surface area contributed by atoms with Crippen LogP contribution >= 0.6 is 11.3 Å². The Labute approximate surface area is 174 Å². The van der Waals surface area contributed by atoms with Gasteiger partial charge in [0, 0.05) is 24.7 Å². The zero-order valence-electron chi connectivity index (χ0n) is 16.4. The molecular formula is C22H25N5OS. The normalized spacial score (nSPS) is 16.6. The van der Waals surface area contributed by atoms with Crippen molar-refractivity contribution in [3.8, 4) is 0 Å². The average molecular weight is 408 g/mol. The quantitative estimate of drug-likeness (QED) is 0.672. The van der Waals surface area contributed by atoms with E-state index >= 15 is 0 Å². The number of anilines is 3. The monoisotopic (exact) mass is 407 g/mol. The molecule has 0 unspecified atom stereocenters. The molecule has 0 bridgehead atoms. The molecule has 5 rings (SSSR count). The maximum Gasteiger partial charge on any atom is 0.269 e. The van der Waals surface area contributed by atoms with Gasteiger partial charge in [0.05, 0.1) is 5.69 Å². The summed E-state index contributed by atoms with van der Waals surface area (Å²) in [5.41, 5.74) is 9.75. The van der Waals surface area contributed by atoms with E-state index in [4.69, 9.17) is 10.7 Å². The zero-order chi connectivity index (χ0) is 19.8. The summed E-state index contributed by atoms with van der Waals surface area (Å²) < 4.78 is 0. The van der Waals surface area contributed by atoms with Gasteiger partial charge in [0.25, 0.3) is 5.91 Å².